The van der Waals surface area contributed by atoms with Gasteiger partial charge in [-0.3, -0.25) is 4.79 Å². The molecule has 0 aromatic heterocycles. The molecule has 0 aliphatic heterocycles. The van der Waals surface area contributed by atoms with Gasteiger partial charge in [-0.25, -0.2) is 0 Å². The molecule has 19 heavy (non-hydrogen) atoms. The van der Waals surface area contributed by atoms with Crippen LogP contribution in [0.25, 0.3) is 0 Å². The minimum absolute atomic E-state index is 0.0101. The van der Waals surface area contributed by atoms with Crippen molar-refractivity contribution in [2.45, 2.75) is 18.2 Å². The van der Waals surface area contributed by atoms with Crippen molar-refractivity contribution < 1.29 is 14.6 Å². The Morgan fingerprint density at radius 3 is 2.79 bits per heavy atom. The Morgan fingerprint density at radius 2 is 2.26 bits per heavy atom. The van der Waals surface area contributed by atoms with Crippen LogP contribution in [0.15, 0.2) is 18.2 Å². The topological polar surface area (TPSA) is 84.6 Å². The van der Waals surface area contributed by atoms with Crippen LogP contribution in [0.3, 0.4) is 0 Å². The molecular weight excluding hydrogens is 264 g/mol. The van der Waals surface area contributed by atoms with Crippen molar-refractivity contribution in [3.8, 4) is 5.75 Å². The van der Waals surface area contributed by atoms with E-state index < -0.39 is 0 Å². The number of benzene rings is 1. The van der Waals surface area contributed by atoms with Crippen LogP contribution >= 0.6 is 11.8 Å². The molecule has 2 unspecified atom stereocenters. The summed E-state index contributed by atoms with van der Waals surface area (Å²) in [6.45, 7) is 1.86. The summed E-state index contributed by atoms with van der Waals surface area (Å²) in [7, 11) is 1.51. The summed E-state index contributed by atoms with van der Waals surface area (Å²) >= 11 is 1.51. The number of anilines is 1. The van der Waals surface area contributed by atoms with Crippen LogP contribution in [0, 0.1) is 0 Å². The molecule has 0 spiro atoms. The first-order valence-corrected chi connectivity index (χ1v) is 7.20. The molecule has 0 radical (unpaired) electrons. The summed E-state index contributed by atoms with van der Waals surface area (Å²) in [5, 5.41) is 12.0. The van der Waals surface area contributed by atoms with Gasteiger partial charge in [-0.05, 0) is 25.3 Å². The van der Waals surface area contributed by atoms with Crippen LogP contribution in [-0.4, -0.2) is 42.3 Å². The lowest BCUT2D eigenvalue weighted by molar-refractivity contribution is 0.0936. The van der Waals surface area contributed by atoms with E-state index in [1.807, 2.05) is 13.2 Å². The number of thioether (sulfide) groups is 1. The van der Waals surface area contributed by atoms with Gasteiger partial charge in [-0.1, -0.05) is 6.07 Å². The smallest absolute Gasteiger partial charge is 0.253 e. The number of carbonyl (C=O) groups is 1. The third-order valence-corrected chi connectivity index (χ3v) is 4.09. The van der Waals surface area contributed by atoms with Crippen molar-refractivity contribution in [3.05, 3.63) is 23.8 Å². The minimum Gasteiger partial charge on any atom is -0.495 e. The molecule has 5 nitrogen and oxygen atoms in total. The summed E-state index contributed by atoms with van der Waals surface area (Å²) in [5.74, 6) is 0.209. The highest BCUT2D eigenvalue weighted by Crippen LogP contribution is 2.24. The van der Waals surface area contributed by atoms with E-state index in [0.29, 0.717) is 17.0 Å². The molecule has 0 bridgehead atoms. The molecule has 1 amide bonds. The van der Waals surface area contributed by atoms with E-state index in [1.54, 1.807) is 18.2 Å². The van der Waals surface area contributed by atoms with Gasteiger partial charge in [0.1, 0.15) is 5.75 Å². The fourth-order valence-corrected chi connectivity index (χ4v) is 2.36. The fourth-order valence-electron chi connectivity index (χ4n) is 1.73. The summed E-state index contributed by atoms with van der Waals surface area (Å²) in [4.78, 5) is 12.1. The van der Waals surface area contributed by atoms with Crippen LogP contribution in [0.5, 0.6) is 5.75 Å². The van der Waals surface area contributed by atoms with Gasteiger partial charge < -0.3 is 20.9 Å². The highest BCUT2D eigenvalue weighted by Gasteiger charge is 2.20. The Balaban J connectivity index is 2.84. The van der Waals surface area contributed by atoms with Gasteiger partial charge in [-0.15, -0.1) is 0 Å². The summed E-state index contributed by atoms with van der Waals surface area (Å²) in [6.07, 6.45) is 1.89. The molecule has 2 atom stereocenters. The lowest BCUT2D eigenvalue weighted by Gasteiger charge is -2.21. The van der Waals surface area contributed by atoms with Crippen LogP contribution in [0.4, 0.5) is 5.69 Å². The zero-order chi connectivity index (χ0) is 14.4. The van der Waals surface area contributed by atoms with Gasteiger partial charge in [0.2, 0.25) is 0 Å². The first kappa shape index (κ1) is 15.7. The number of nitrogen functional groups attached to an aromatic ring is 1. The van der Waals surface area contributed by atoms with E-state index in [4.69, 9.17) is 10.5 Å². The van der Waals surface area contributed by atoms with Gasteiger partial charge in [0.25, 0.3) is 5.91 Å². The van der Waals surface area contributed by atoms with Gasteiger partial charge in [-0.2, -0.15) is 11.8 Å². The molecule has 4 N–H and O–H groups in total. The van der Waals surface area contributed by atoms with Crippen LogP contribution in [-0.2, 0) is 0 Å². The number of amides is 1. The van der Waals surface area contributed by atoms with Gasteiger partial charge in [0.15, 0.2) is 0 Å². The zero-order valence-corrected chi connectivity index (χ0v) is 12.2. The molecule has 0 aliphatic rings. The van der Waals surface area contributed by atoms with E-state index in [2.05, 4.69) is 5.32 Å². The summed E-state index contributed by atoms with van der Waals surface area (Å²) in [6, 6.07) is 4.91. The molecule has 0 heterocycles. The average Bonchev–Trinajstić information content (AvgIpc) is 2.40. The first-order chi connectivity index (χ1) is 9.04. The number of methoxy groups -OCH3 is 1. The maximum Gasteiger partial charge on any atom is 0.253 e. The predicted molar refractivity (Wildman–Crippen MR) is 78.7 cm³/mol. The number of hydrogen-bond acceptors (Lipinski definition) is 5. The molecule has 0 saturated carbocycles. The standard InChI is InChI=1S/C13H20N2O3S/c1-8(11(7-16)19-3)15-13(17)9-5-4-6-10(18-2)12(9)14/h4-6,8,11,16H,7,14H2,1-3H3,(H,15,17). The Labute approximate surface area is 117 Å². The molecule has 6 heteroatoms. The van der Waals surface area contributed by atoms with Gasteiger partial charge in [0, 0.05) is 11.3 Å². The second kappa shape index (κ2) is 7.25. The van der Waals surface area contributed by atoms with E-state index in [0.717, 1.165) is 0 Å². The number of aliphatic hydroxyl groups is 1. The zero-order valence-electron chi connectivity index (χ0n) is 11.3. The number of nitrogens with one attached hydrogen (secondary N) is 1. The van der Waals surface area contributed by atoms with Crippen LogP contribution < -0.4 is 15.8 Å². The van der Waals surface area contributed by atoms with Crippen molar-refractivity contribution in [1.29, 1.82) is 0 Å². The highest BCUT2D eigenvalue weighted by atomic mass is 32.2. The molecule has 0 saturated heterocycles. The summed E-state index contributed by atoms with van der Waals surface area (Å²) < 4.78 is 5.08. The van der Waals surface area contributed by atoms with Crippen molar-refractivity contribution >= 4 is 23.4 Å². The largest absolute Gasteiger partial charge is 0.495 e. The van der Waals surface area contributed by atoms with E-state index in [-0.39, 0.29) is 23.8 Å². The molecule has 106 valence electrons. The Bertz CT molecular complexity index is 436. The van der Waals surface area contributed by atoms with Crippen molar-refractivity contribution in [2.24, 2.45) is 0 Å². The average molecular weight is 284 g/mol. The second-order valence-electron chi connectivity index (χ2n) is 4.14. The fraction of sp³-hybridized carbons (Fsp3) is 0.462. The van der Waals surface area contributed by atoms with E-state index in [1.165, 1.54) is 18.9 Å². The number of rotatable bonds is 6. The molecule has 0 aliphatic carbocycles. The number of nitrogens with two attached hydrogens (primary N) is 1. The highest BCUT2D eigenvalue weighted by molar-refractivity contribution is 7.99. The monoisotopic (exact) mass is 284 g/mol. The third kappa shape index (κ3) is 3.78. The first-order valence-electron chi connectivity index (χ1n) is 5.92. The van der Waals surface area contributed by atoms with Gasteiger partial charge in [0.05, 0.1) is 25.0 Å². The van der Waals surface area contributed by atoms with Crippen LogP contribution in [0.2, 0.25) is 0 Å². The molecule has 1 rings (SSSR count). The SMILES string of the molecule is COc1cccc(C(=O)NC(C)C(CO)SC)c1N. The molecule has 1 aromatic carbocycles. The number of para-hydroxylation sites is 1. The number of ether oxygens (including phenoxy) is 1. The molecule has 0 fully saturated rings. The molecule has 1 aromatic rings. The van der Waals surface area contributed by atoms with Crippen molar-refractivity contribution in [1.82, 2.24) is 5.32 Å². The molecular formula is C13H20N2O3S. The second-order valence-corrected chi connectivity index (χ2v) is 5.22. The van der Waals surface area contributed by atoms with Crippen molar-refractivity contribution in [3.63, 3.8) is 0 Å². The van der Waals surface area contributed by atoms with Crippen molar-refractivity contribution in [2.75, 3.05) is 25.7 Å². The number of carbonyl (C=O) groups excluding carboxylic acids is 1. The normalized spacial score (nSPS) is 13.7. The Hall–Kier alpha value is -1.40. The Kier molecular flexibility index (Phi) is 5.98. The Morgan fingerprint density at radius 1 is 1.58 bits per heavy atom. The number of hydrogen-bond donors (Lipinski definition) is 3. The van der Waals surface area contributed by atoms with E-state index in [9.17, 15) is 9.90 Å². The van der Waals surface area contributed by atoms with Gasteiger partial charge >= 0.3 is 0 Å². The maximum atomic E-state index is 12.1. The third-order valence-electron chi connectivity index (χ3n) is 2.93. The summed E-state index contributed by atoms with van der Waals surface area (Å²) in [5.41, 5.74) is 6.57. The number of aliphatic hydroxyl groups excluding tert-OH is 1. The lowest BCUT2D eigenvalue weighted by Crippen LogP contribution is -2.41. The minimum atomic E-state index is -0.267. The van der Waals surface area contributed by atoms with Crippen LogP contribution in [0.1, 0.15) is 17.3 Å². The quantitative estimate of drug-likeness (QED) is 0.682. The maximum absolute atomic E-state index is 12.1. The lowest BCUT2D eigenvalue weighted by atomic mass is 10.1. The predicted octanol–water partition coefficient (Wildman–Crippen LogP) is 1.12. The van der Waals surface area contributed by atoms with E-state index >= 15 is 0 Å².